The predicted octanol–water partition coefficient (Wildman–Crippen LogP) is 25.5. The molecule has 4 aromatic heterocycles. The first kappa shape index (κ1) is 66.6. The smallest absolute Gasteiger partial charge is 0.164 e. The van der Waals surface area contributed by atoms with Crippen LogP contribution in [0.1, 0.15) is 49.9 Å². The Bertz CT molecular complexity index is 6430. The van der Waals surface area contributed by atoms with Crippen molar-refractivity contribution in [1.82, 2.24) is 39.9 Å². The summed E-state index contributed by atoms with van der Waals surface area (Å²) in [6.07, 6.45) is 0. The van der Waals surface area contributed by atoms with Crippen LogP contribution in [-0.2, 0) is 10.8 Å². The van der Waals surface area contributed by atoms with E-state index in [1.807, 2.05) is 121 Å². The zero-order valence-corrected chi connectivity index (χ0v) is 61.2. The first-order valence-electron chi connectivity index (χ1n) is 37.5. The van der Waals surface area contributed by atoms with Gasteiger partial charge < -0.3 is 0 Å². The zero-order valence-electron chi connectivity index (χ0n) is 61.2. The van der Waals surface area contributed by atoms with E-state index < -0.39 is 0 Å². The van der Waals surface area contributed by atoms with Crippen molar-refractivity contribution in [3.63, 3.8) is 0 Å². The molecule has 14 aromatic carbocycles. The number of hydrogen-bond donors (Lipinski definition) is 0. The SMILES string of the molecule is CC1(C)c2ccccc2-c2cc3c(-c4ccc(-c5nc(-c6ccccc6)nc(-c6ccccc6)n5)cc4)cc(-c4ccccc4-c4ccccc4)nc3cc21.CC1(C)c2ccccc2-c2cc3c(-c4cccc(-c5nc(-c6ccccc6)nc(-c6ccccc6)n5)c4)cc(-c4ccccc4-c4ccccc4)nc3cc21. The molecule has 2 aliphatic carbocycles. The maximum atomic E-state index is 5.46. The summed E-state index contributed by atoms with van der Waals surface area (Å²) < 4.78 is 0. The molecule has 0 bridgehead atoms. The summed E-state index contributed by atoms with van der Waals surface area (Å²) in [4.78, 5) is 40.8. The van der Waals surface area contributed by atoms with Crippen LogP contribution in [0, 0.1) is 0 Å². The lowest BCUT2D eigenvalue weighted by atomic mass is 9.82. The molecule has 520 valence electrons. The Kier molecular flexibility index (Phi) is 16.8. The van der Waals surface area contributed by atoms with Gasteiger partial charge >= 0.3 is 0 Å². The van der Waals surface area contributed by atoms with Gasteiger partial charge in [-0.1, -0.05) is 349 Å². The van der Waals surface area contributed by atoms with Crippen molar-refractivity contribution in [3.05, 3.63) is 386 Å². The molecule has 0 fully saturated rings. The fourth-order valence-corrected chi connectivity index (χ4v) is 16.2. The summed E-state index contributed by atoms with van der Waals surface area (Å²) in [6, 6.07) is 128. The highest BCUT2D eigenvalue weighted by molar-refractivity contribution is 6.05. The summed E-state index contributed by atoms with van der Waals surface area (Å²) in [7, 11) is 0. The van der Waals surface area contributed by atoms with Gasteiger partial charge in [0.25, 0.3) is 0 Å². The molecule has 8 heteroatoms. The van der Waals surface area contributed by atoms with E-state index in [0.717, 1.165) is 117 Å². The summed E-state index contributed by atoms with van der Waals surface area (Å²) in [5.74, 6) is 3.83. The molecule has 0 saturated heterocycles. The van der Waals surface area contributed by atoms with E-state index in [0.29, 0.717) is 34.9 Å². The molecule has 0 saturated carbocycles. The second-order valence-corrected chi connectivity index (χ2v) is 29.3. The van der Waals surface area contributed by atoms with Gasteiger partial charge in [-0.2, -0.15) is 0 Å². The second kappa shape index (κ2) is 27.7. The van der Waals surface area contributed by atoms with Crippen LogP contribution in [0.2, 0.25) is 0 Å². The van der Waals surface area contributed by atoms with E-state index in [9.17, 15) is 0 Å². The van der Waals surface area contributed by atoms with Gasteiger partial charge in [0.1, 0.15) is 0 Å². The van der Waals surface area contributed by atoms with E-state index in [2.05, 4.69) is 270 Å². The molecular weight excluding hydrogens is 1340 g/mol. The van der Waals surface area contributed by atoms with Gasteiger partial charge in [0, 0.05) is 66.1 Å². The minimum absolute atomic E-state index is 0.136. The third-order valence-electron chi connectivity index (χ3n) is 21.9. The minimum atomic E-state index is -0.147. The fraction of sp³-hybridized carbons (Fsp3) is 0.0588. The van der Waals surface area contributed by atoms with Gasteiger partial charge in [-0.05, 0) is 131 Å². The highest BCUT2D eigenvalue weighted by atomic mass is 15.0. The molecule has 0 N–H and O–H groups in total. The van der Waals surface area contributed by atoms with Crippen molar-refractivity contribution in [1.29, 1.82) is 0 Å². The van der Waals surface area contributed by atoms with Gasteiger partial charge in [-0.3, -0.25) is 0 Å². The lowest BCUT2D eigenvalue weighted by Crippen LogP contribution is -2.14. The van der Waals surface area contributed by atoms with E-state index in [4.69, 9.17) is 39.9 Å². The Morgan fingerprint density at radius 1 is 0.164 bits per heavy atom. The van der Waals surface area contributed by atoms with Crippen LogP contribution in [0.15, 0.2) is 364 Å². The average molecular weight is 1410 g/mol. The van der Waals surface area contributed by atoms with Crippen LogP contribution in [0.4, 0.5) is 0 Å². The first-order valence-corrected chi connectivity index (χ1v) is 37.5. The van der Waals surface area contributed by atoms with E-state index in [1.165, 1.54) is 50.1 Å². The van der Waals surface area contributed by atoms with Gasteiger partial charge in [0.2, 0.25) is 0 Å². The molecule has 8 nitrogen and oxygen atoms in total. The lowest BCUT2D eigenvalue weighted by Gasteiger charge is -2.22. The van der Waals surface area contributed by atoms with Crippen LogP contribution in [0.5, 0.6) is 0 Å². The Morgan fingerprint density at radius 3 is 0.800 bits per heavy atom. The Morgan fingerprint density at radius 2 is 0.427 bits per heavy atom. The van der Waals surface area contributed by atoms with Gasteiger partial charge in [-0.15, -0.1) is 0 Å². The number of nitrogens with zero attached hydrogens (tertiary/aromatic N) is 8. The molecule has 0 atom stereocenters. The zero-order chi connectivity index (χ0) is 73.9. The Labute approximate surface area is 640 Å². The van der Waals surface area contributed by atoms with Crippen molar-refractivity contribution < 1.29 is 0 Å². The third kappa shape index (κ3) is 12.2. The monoisotopic (exact) mass is 1410 g/mol. The standard InChI is InChI=1S/2C51H36N4/c1-51(2)44-28-15-14-26-39(44)42-30-43-41(31-46(52-47(43)32-45(42)51)40-27-13-12-25-38(40)33-17-6-3-7-18-33)36-23-16-24-37(29-36)50-54-48(34-19-8-4-9-20-34)53-49(55-50)35-21-10-5-11-22-35;1-51(2)44-25-15-14-23-39(44)42-30-43-41(31-46(52-47(43)32-45(42)51)40-24-13-12-22-38(40)33-16-6-3-7-17-33)34-26-28-37(29-27-34)50-54-48(35-18-8-4-9-19-35)53-49(55-50)36-20-10-5-11-21-36/h2*3-32H,1-2H3. The Balaban J connectivity index is 0.000000149. The van der Waals surface area contributed by atoms with E-state index in [-0.39, 0.29) is 10.8 Å². The number of hydrogen-bond acceptors (Lipinski definition) is 8. The van der Waals surface area contributed by atoms with Crippen LogP contribution < -0.4 is 0 Å². The molecule has 20 rings (SSSR count). The van der Waals surface area contributed by atoms with Crippen molar-refractivity contribution in [2.24, 2.45) is 0 Å². The quantitative estimate of drug-likeness (QED) is 0.119. The Hall–Kier alpha value is -14.1. The lowest BCUT2D eigenvalue weighted by molar-refractivity contribution is 0.661. The molecule has 2 aliphatic rings. The summed E-state index contributed by atoms with van der Waals surface area (Å²) >= 11 is 0. The van der Waals surface area contributed by atoms with Crippen molar-refractivity contribution >= 4 is 21.8 Å². The predicted molar refractivity (Wildman–Crippen MR) is 451 cm³/mol. The molecule has 0 amide bonds. The molecule has 0 unspecified atom stereocenters. The molecule has 4 heterocycles. The summed E-state index contributed by atoms with van der Waals surface area (Å²) in [6.45, 7) is 9.30. The highest BCUT2D eigenvalue weighted by Crippen LogP contribution is 2.53. The third-order valence-corrected chi connectivity index (χ3v) is 21.9. The second-order valence-electron chi connectivity index (χ2n) is 29.3. The molecule has 110 heavy (non-hydrogen) atoms. The van der Waals surface area contributed by atoms with Crippen LogP contribution in [-0.4, -0.2) is 39.9 Å². The van der Waals surface area contributed by atoms with Crippen LogP contribution >= 0.6 is 0 Å². The molecule has 0 radical (unpaired) electrons. The van der Waals surface area contributed by atoms with Crippen molar-refractivity contribution in [2.45, 2.75) is 38.5 Å². The van der Waals surface area contributed by atoms with E-state index in [1.54, 1.807) is 0 Å². The van der Waals surface area contributed by atoms with Crippen molar-refractivity contribution in [2.75, 3.05) is 0 Å². The normalized spacial score (nSPS) is 12.7. The van der Waals surface area contributed by atoms with Crippen LogP contribution in [0.3, 0.4) is 0 Å². The highest BCUT2D eigenvalue weighted by Gasteiger charge is 2.38. The van der Waals surface area contributed by atoms with E-state index >= 15 is 0 Å². The van der Waals surface area contributed by atoms with Crippen molar-refractivity contribution in [3.8, 4) is 158 Å². The van der Waals surface area contributed by atoms with Gasteiger partial charge in [0.05, 0.1) is 22.4 Å². The minimum Gasteiger partial charge on any atom is -0.248 e. The number of pyridine rings is 2. The summed E-state index contributed by atoms with van der Waals surface area (Å²) in [5.41, 5.74) is 30.8. The van der Waals surface area contributed by atoms with Gasteiger partial charge in [-0.25, -0.2) is 39.9 Å². The number of rotatable bonds is 12. The summed E-state index contributed by atoms with van der Waals surface area (Å²) in [5, 5.41) is 2.23. The maximum Gasteiger partial charge on any atom is 0.164 e. The fourth-order valence-electron chi connectivity index (χ4n) is 16.2. The van der Waals surface area contributed by atoms with Gasteiger partial charge in [0.15, 0.2) is 34.9 Å². The number of benzene rings is 14. The average Bonchev–Trinajstić information content (AvgIpc) is 1.57. The molecular formula is C102H72N8. The largest absolute Gasteiger partial charge is 0.248 e. The number of aromatic nitrogens is 8. The van der Waals surface area contributed by atoms with Crippen LogP contribution in [0.25, 0.3) is 179 Å². The molecule has 0 aliphatic heterocycles. The topological polar surface area (TPSA) is 103 Å². The molecule has 18 aromatic rings. The number of fused-ring (bicyclic) bond motifs is 8. The first-order chi connectivity index (χ1) is 54.0. The maximum absolute atomic E-state index is 5.46. The molecule has 0 spiro atoms.